The fraction of sp³-hybridized carbons (Fsp3) is 0.500. The van der Waals surface area contributed by atoms with Gasteiger partial charge in [0.05, 0.1) is 12.2 Å². The maximum Gasteiger partial charge on any atom is 0.222 e. The summed E-state index contributed by atoms with van der Waals surface area (Å²) in [7, 11) is 0. The van der Waals surface area contributed by atoms with Crippen LogP contribution >= 0.6 is 0 Å². The van der Waals surface area contributed by atoms with Crippen LogP contribution in [-0.4, -0.2) is 47.6 Å². The van der Waals surface area contributed by atoms with E-state index in [0.29, 0.717) is 32.4 Å². The van der Waals surface area contributed by atoms with Crippen LogP contribution < -0.4 is 5.32 Å². The van der Waals surface area contributed by atoms with Gasteiger partial charge in [0, 0.05) is 31.5 Å². The highest BCUT2D eigenvalue weighted by atomic mass is 16.5. The fourth-order valence-electron chi connectivity index (χ4n) is 4.81. The van der Waals surface area contributed by atoms with E-state index in [1.807, 2.05) is 30.9 Å². The van der Waals surface area contributed by atoms with Gasteiger partial charge >= 0.3 is 0 Å². The topological polar surface area (TPSA) is 58.6 Å². The third-order valence-corrected chi connectivity index (χ3v) is 6.18. The summed E-state index contributed by atoms with van der Waals surface area (Å²) < 4.78 is 5.74. The monoisotopic (exact) mass is 394 g/mol. The lowest BCUT2D eigenvalue weighted by molar-refractivity contribution is -0.143. The maximum absolute atomic E-state index is 12.9. The molecule has 2 aliphatic heterocycles. The van der Waals surface area contributed by atoms with Crippen molar-refractivity contribution >= 4 is 22.6 Å². The molecule has 1 unspecified atom stereocenters. The van der Waals surface area contributed by atoms with Crippen molar-refractivity contribution in [3.63, 3.8) is 0 Å². The Labute approximate surface area is 172 Å². The zero-order chi connectivity index (χ0) is 20.4. The fourth-order valence-corrected chi connectivity index (χ4v) is 4.81. The summed E-state index contributed by atoms with van der Waals surface area (Å²) >= 11 is 0. The van der Waals surface area contributed by atoms with Gasteiger partial charge in [-0.2, -0.15) is 0 Å². The molecule has 0 aliphatic carbocycles. The molecular weight excluding hydrogens is 364 g/mol. The lowest BCUT2D eigenvalue weighted by Crippen LogP contribution is -2.49. The highest BCUT2D eigenvalue weighted by Crippen LogP contribution is 2.31. The summed E-state index contributed by atoms with van der Waals surface area (Å²) in [4.78, 5) is 26.8. The van der Waals surface area contributed by atoms with Crippen molar-refractivity contribution in [3.8, 4) is 0 Å². The first kappa shape index (κ1) is 19.9. The first-order valence-electron chi connectivity index (χ1n) is 10.6. The Hall–Kier alpha value is -2.40. The van der Waals surface area contributed by atoms with E-state index >= 15 is 0 Å². The molecule has 4 rings (SSSR count). The van der Waals surface area contributed by atoms with Crippen LogP contribution in [0.5, 0.6) is 0 Å². The van der Waals surface area contributed by atoms with Gasteiger partial charge in [0.15, 0.2) is 0 Å². The predicted molar refractivity (Wildman–Crippen MR) is 114 cm³/mol. The van der Waals surface area contributed by atoms with Crippen LogP contribution in [-0.2, 0) is 20.7 Å². The minimum absolute atomic E-state index is 0.0699. The van der Waals surface area contributed by atoms with E-state index in [-0.39, 0.29) is 29.6 Å². The van der Waals surface area contributed by atoms with E-state index in [1.165, 1.54) is 16.3 Å². The van der Waals surface area contributed by atoms with Crippen LogP contribution in [0.1, 0.15) is 45.1 Å². The highest BCUT2D eigenvalue weighted by Gasteiger charge is 2.38. The summed E-state index contributed by atoms with van der Waals surface area (Å²) in [6.45, 7) is 5.31. The van der Waals surface area contributed by atoms with Crippen molar-refractivity contribution in [2.75, 3.05) is 13.1 Å². The average molecular weight is 395 g/mol. The standard InChI is InChI=1S/C24H30N2O3/c1-17-15-26(16-18(2)29-17)23(28)10-12-24(11-9-22(27)25-24)14-19-7-8-20-5-3-4-6-21(20)13-19/h3-8,13,17-18H,9-12,14-16H2,1-2H3,(H,25,27)/t17-,18+,24?. The Kier molecular flexibility index (Phi) is 5.59. The van der Waals surface area contributed by atoms with Crippen molar-refractivity contribution in [3.05, 3.63) is 48.0 Å². The van der Waals surface area contributed by atoms with Gasteiger partial charge in [0.25, 0.3) is 0 Å². The number of carbonyl (C=O) groups is 2. The third kappa shape index (κ3) is 4.61. The zero-order valence-corrected chi connectivity index (χ0v) is 17.3. The molecule has 0 bridgehead atoms. The lowest BCUT2D eigenvalue weighted by atomic mass is 9.84. The number of nitrogens with one attached hydrogen (secondary N) is 1. The summed E-state index contributed by atoms with van der Waals surface area (Å²) in [5.41, 5.74) is 0.866. The minimum Gasteiger partial charge on any atom is -0.372 e. The first-order valence-corrected chi connectivity index (χ1v) is 10.6. The molecule has 154 valence electrons. The van der Waals surface area contributed by atoms with Gasteiger partial charge in [-0.05, 0) is 49.4 Å². The van der Waals surface area contributed by atoms with E-state index < -0.39 is 0 Å². The lowest BCUT2D eigenvalue weighted by Gasteiger charge is -2.36. The summed E-state index contributed by atoms with van der Waals surface area (Å²) in [6.07, 6.45) is 3.33. The van der Waals surface area contributed by atoms with Crippen molar-refractivity contribution < 1.29 is 14.3 Å². The van der Waals surface area contributed by atoms with E-state index in [4.69, 9.17) is 4.74 Å². The molecule has 2 aromatic carbocycles. The van der Waals surface area contributed by atoms with E-state index in [1.54, 1.807) is 0 Å². The maximum atomic E-state index is 12.9. The Balaban J connectivity index is 1.46. The molecule has 0 radical (unpaired) electrons. The second-order valence-electron chi connectivity index (χ2n) is 8.74. The normalized spacial score (nSPS) is 27.2. The van der Waals surface area contributed by atoms with E-state index in [9.17, 15) is 9.59 Å². The largest absolute Gasteiger partial charge is 0.372 e. The van der Waals surface area contributed by atoms with Gasteiger partial charge in [-0.25, -0.2) is 0 Å². The molecule has 2 saturated heterocycles. The van der Waals surface area contributed by atoms with E-state index in [0.717, 1.165) is 12.8 Å². The van der Waals surface area contributed by atoms with Crippen molar-refractivity contribution in [1.29, 1.82) is 0 Å². The quantitative estimate of drug-likeness (QED) is 0.845. The van der Waals surface area contributed by atoms with Crippen LogP contribution in [0.2, 0.25) is 0 Å². The SMILES string of the molecule is C[C@@H]1CN(C(=O)CCC2(Cc3ccc4ccccc4c3)CCC(=O)N2)C[C@H](C)O1. The number of hydrogen-bond donors (Lipinski definition) is 1. The molecule has 2 aromatic rings. The van der Waals surface area contributed by atoms with E-state index in [2.05, 4.69) is 35.6 Å². The van der Waals surface area contributed by atoms with Gasteiger partial charge in [-0.15, -0.1) is 0 Å². The Morgan fingerprint density at radius 3 is 2.55 bits per heavy atom. The summed E-state index contributed by atoms with van der Waals surface area (Å²) in [6, 6.07) is 14.8. The number of hydrogen-bond acceptors (Lipinski definition) is 3. The van der Waals surface area contributed by atoms with Crippen molar-refractivity contribution in [2.45, 2.75) is 63.7 Å². The van der Waals surface area contributed by atoms with Crippen LogP contribution in [0.25, 0.3) is 10.8 Å². The molecule has 0 saturated carbocycles. The number of rotatable bonds is 5. The van der Waals surface area contributed by atoms with Gasteiger partial charge in [0.2, 0.25) is 11.8 Å². The number of ether oxygens (including phenoxy) is 1. The highest BCUT2D eigenvalue weighted by molar-refractivity contribution is 5.83. The molecule has 3 atom stereocenters. The van der Waals surface area contributed by atoms with Crippen molar-refractivity contribution in [1.82, 2.24) is 10.2 Å². The molecule has 2 aliphatic rings. The van der Waals surface area contributed by atoms with Gasteiger partial charge < -0.3 is 15.0 Å². The molecule has 29 heavy (non-hydrogen) atoms. The van der Waals surface area contributed by atoms with Gasteiger partial charge in [0.1, 0.15) is 0 Å². The summed E-state index contributed by atoms with van der Waals surface area (Å²) in [5.74, 6) is 0.248. The number of fused-ring (bicyclic) bond motifs is 1. The number of carbonyl (C=O) groups excluding carboxylic acids is 2. The second kappa shape index (κ2) is 8.15. The minimum atomic E-state index is -0.335. The first-order chi connectivity index (χ1) is 13.9. The summed E-state index contributed by atoms with van der Waals surface area (Å²) in [5, 5.41) is 5.63. The van der Waals surface area contributed by atoms with Crippen LogP contribution in [0.4, 0.5) is 0 Å². The second-order valence-corrected chi connectivity index (χ2v) is 8.74. The Morgan fingerprint density at radius 2 is 1.86 bits per heavy atom. The molecule has 2 amide bonds. The Bertz CT molecular complexity index is 902. The average Bonchev–Trinajstić information content (AvgIpc) is 3.06. The zero-order valence-electron chi connectivity index (χ0n) is 17.3. The molecular formula is C24H30N2O3. The van der Waals surface area contributed by atoms with Crippen molar-refractivity contribution in [2.24, 2.45) is 0 Å². The molecule has 5 nitrogen and oxygen atoms in total. The molecule has 1 N–H and O–H groups in total. The third-order valence-electron chi connectivity index (χ3n) is 6.18. The van der Waals surface area contributed by atoms with Gasteiger partial charge in [-0.3, -0.25) is 9.59 Å². The number of nitrogens with zero attached hydrogens (tertiary/aromatic N) is 1. The number of benzene rings is 2. The molecule has 2 fully saturated rings. The molecule has 0 spiro atoms. The number of morpholine rings is 1. The molecule has 2 heterocycles. The Morgan fingerprint density at radius 1 is 1.14 bits per heavy atom. The molecule has 5 heteroatoms. The molecule has 0 aromatic heterocycles. The smallest absolute Gasteiger partial charge is 0.222 e. The van der Waals surface area contributed by atoms with Crippen LogP contribution in [0.15, 0.2) is 42.5 Å². The number of amides is 2. The van der Waals surface area contributed by atoms with Crippen LogP contribution in [0, 0.1) is 0 Å². The van der Waals surface area contributed by atoms with Crippen LogP contribution in [0.3, 0.4) is 0 Å². The van der Waals surface area contributed by atoms with Gasteiger partial charge in [-0.1, -0.05) is 42.5 Å². The predicted octanol–water partition coefficient (Wildman–Crippen LogP) is 3.45.